The standard InChI is InChI=1S/C18H17FN4O2S.C14H20ClNO2.C11H13Cl2NO3.C3H8NO5P/c1-4-5-22-13-7-12(11(19)6-14(13)25-9-16(22)24)20-17-23-10-18(2,3)8-15(23)21-26-17;1-4-12-8-6-7-11(3)14(12)16(10-18-5-2)13(17)9-15;1-11(2)14(10(15)9(12)13)6-8(17-11)7-4-3-5-16-7;5-3(6)1-4-2-10(7,8)9/h1,6-7H,5,8-10H2,2-3H3;6-8H,4-5,9-10H2,1-3H3;3-5,8-9H,6H2,1-2H3;4H,1-2H2,(H,5,6)(H2,7,8,9). The highest BCUT2D eigenvalue weighted by molar-refractivity contribution is 7.51. The van der Waals surface area contributed by atoms with E-state index in [1.54, 1.807) is 31.1 Å². The summed E-state index contributed by atoms with van der Waals surface area (Å²) < 4.78 is 52.8. The summed E-state index contributed by atoms with van der Waals surface area (Å²) in [7, 11) is -4.10. The number of benzene rings is 2. The van der Waals surface area contributed by atoms with Crippen molar-refractivity contribution in [2.75, 3.05) is 61.5 Å². The Balaban J connectivity index is 0.000000217. The van der Waals surface area contributed by atoms with Gasteiger partial charge in [0.2, 0.25) is 10.7 Å². The van der Waals surface area contributed by atoms with Crippen LogP contribution in [0.15, 0.2) is 58.1 Å². The van der Waals surface area contributed by atoms with Gasteiger partial charge in [0.05, 0.1) is 43.6 Å². The van der Waals surface area contributed by atoms with E-state index in [4.69, 9.17) is 74.7 Å². The number of alkyl halides is 3. The molecule has 71 heavy (non-hydrogen) atoms. The topological polar surface area (TPSA) is 239 Å². The van der Waals surface area contributed by atoms with E-state index in [2.05, 4.69) is 41.4 Å². The Hall–Kier alpha value is -4.85. The molecule has 4 aromatic rings. The van der Waals surface area contributed by atoms with Crippen LogP contribution in [0.4, 0.5) is 21.5 Å². The summed E-state index contributed by atoms with van der Waals surface area (Å²) in [6.07, 6.45) is 7.78. The van der Waals surface area contributed by atoms with Crippen LogP contribution in [0.5, 0.6) is 5.75 Å². The Kier molecular flexibility index (Phi) is 21.7. The fourth-order valence-corrected chi connectivity index (χ4v) is 8.93. The van der Waals surface area contributed by atoms with Crippen LogP contribution in [-0.2, 0) is 52.6 Å². The number of rotatable bonds is 14. The minimum atomic E-state index is -4.10. The van der Waals surface area contributed by atoms with E-state index in [1.807, 2.05) is 42.7 Å². The van der Waals surface area contributed by atoms with E-state index in [0.29, 0.717) is 35.2 Å². The lowest BCUT2D eigenvalue weighted by molar-refractivity contribution is -0.144. The van der Waals surface area contributed by atoms with Gasteiger partial charge in [0.25, 0.3) is 11.8 Å². The van der Waals surface area contributed by atoms with Crippen molar-refractivity contribution in [3.63, 3.8) is 0 Å². The number of anilines is 2. The lowest BCUT2D eigenvalue weighted by Crippen LogP contribution is -2.45. The SMILES string of the molecule is C#CCN1C(=O)COc2cc(F)c(N=c3snc4n3CC(C)(C)C4)cc21.CC1(C)OC(c2ccco2)CN1C(=O)C(Cl)Cl.CCOCN(C(=O)CCl)c1c(C)cccc1CC.O=C(O)CNCP(=O)(O)O. The maximum Gasteiger partial charge on any atom is 0.339 e. The fourth-order valence-electron chi connectivity index (χ4n) is 7.39. The first-order chi connectivity index (χ1) is 33.4. The molecule has 3 aliphatic heterocycles. The molecule has 0 saturated carbocycles. The molecule has 2 aromatic heterocycles. The molecular formula is C46H58Cl3FN7O12PS. The van der Waals surface area contributed by atoms with Gasteiger partial charge >= 0.3 is 13.6 Å². The fraction of sp³-hybridized carbons (Fsp3) is 0.478. The van der Waals surface area contributed by atoms with Gasteiger partial charge in [-0.25, -0.2) is 9.38 Å². The summed E-state index contributed by atoms with van der Waals surface area (Å²) in [5.74, 6) is 1.94. The van der Waals surface area contributed by atoms with E-state index < -0.39 is 42.8 Å². The third-order valence-corrected chi connectivity index (χ3v) is 12.6. The maximum absolute atomic E-state index is 14.5. The zero-order valence-corrected chi connectivity index (χ0v) is 44.2. The number of nitrogens with one attached hydrogen (secondary N) is 1. The third kappa shape index (κ3) is 16.6. The number of fused-ring (bicyclic) bond motifs is 2. The van der Waals surface area contributed by atoms with Crippen molar-refractivity contribution < 1.29 is 61.7 Å². The van der Waals surface area contributed by atoms with Crippen LogP contribution in [0, 0.1) is 30.5 Å². The Morgan fingerprint density at radius 3 is 2.48 bits per heavy atom. The minimum Gasteiger partial charge on any atom is -0.481 e. The number of halogens is 4. The summed E-state index contributed by atoms with van der Waals surface area (Å²) in [6, 6.07) is 12.4. The van der Waals surface area contributed by atoms with Crippen molar-refractivity contribution in [2.24, 2.45) is 10.4 Å². The monoisotopic (exact) mass is 1090 g/mol. The number of para-hydroxylation sites is 1. The first kappa shape index (κ1) is 58.7. The van der Waals surface area contributed by atoms with Gasteiger partial charge in [-0.2, -0.15) is 4.37 Å². The number of carboxylic acids is 1. The minimum absolute atomic E-state index is 0.0371. The highest BCUT2D eigenvalue weighted by atomic mass is 35.5. The maximum atomic E-state index is 14.5. The van der Waals surface area contributed by atoms with Crippen LogP contribution >= 0.6 is 53.9 Å². The molecule has 25 heteroatoms. The number of amides is 3. The average molecular weight is 1090 g/mol. The predicted molar refractivity (Wildman–Crippen MR) is 268 cm³/mol. The first-order valence-electron chi connectivity index (χ1n) is 22.0. The number of carbonyl (C=O) groups excluding carboxylic acids is 3. The van der Waals surface area contributed by atoms with Gasteiger partial charge in [-0.05, 0) is 68.9 Å². The highest BCUT2D eigenvalue weighted by Gasteiger charge is 2.45. The van der Waals surface area contributed by atoms with Crippen LogP contribution < -0.4 is 24.7 Å². The number of carboxylic acid groups (broad SMARTS) is 1. The second-order valence-electron chi connectivity index (χ2n) is 17.1. The zero-order chi connectivity index (χ0) is 52.8. The molecule has 2 aromatic carbocycles. The Labute approximate surface area is 430 Å². The van der Waals surface area contributed by atoms with Crippen LogP contribution in [0.25, 0.3) is 0 Å². The number of hydrogen-bond donors (Lipinski definition) is 4. The van der Waals surface area contributed by atoms with Crippen molar-refractivity contribution in [1.82, 2.24) is 19.2 Å². The van der Waals surface area contributed by atoms with E-state index in [9.17, 15) is 28.1 Å². The molecule has 0 spiro atoms. The van der Waals surface area contributed by atoms with E-state index >= 15 is 0 Å². The molecule has 0 aliphatic carbocycles. The Bertz CT molecular complexity index is 2650. The average Bonchev–Trinajstić information content (AvgIpc) is 4.09. The second-order valence-corrected chi connectivity index (χ2v) is 20.9. The molecule has 4 N–H and O–H groups in total. The molecule has 0 radical (unpaired) electrons. The first-order valence-corrected chi connectivity index (χ1v) is 25.9. The number of ether oxygens (including phenoxy) is 3. The summed E-state index contributed by atoms with van der Waals surface area (Å²) in [5.41, 5.74) is 3.06. The number of nitrogens with zero attached hydrogens (tertiary/aromatic N) is 6. The lowest BCUT2D eigenvalue weighted by Gasteiger charge is -2.29. The number of terminal acetylenes is 1. The van der Waals surface area contributed by atoms with Crippen LogP contribution in [0.1, 0.15) is 70.4 Å². The summed E-state index contributed by atoms with van der Waals surface area (Å²) >= 11 is 18.1. The second kappa shape index (κ2) is 26.2. The molecule has 19 nitrogen and oxygen atoms in total. The number of hydrogen-bond acceptors (Lipinski definition) is 13. The number of aliphatic carboxylic acids is 1. The largest absolute Gasteiger partial charge is 0.481 e. The molecule has 0 bridgehead atoms. The molecule has 3 aliphatic rings. The molecule has 1 atom stereocenters. The normalized spacial score (nSPS) is 16.5. The number of furan rings is 1. The molecule has 3 amide bonds. The Morgan fingerprint density at radius 1 is 1.17 bits per heavy atom. The van der Waals surface area contributed by atoms with Gasteiger partial charge < -0.3 is 43.0 Å². The van der Waals surface area contributed by atoms with Crippen LogP contribution in [-0.4, -0.2) is 115 Å². The molecule has 1 saturated heterocycles. The van der Waals surface area contributed by atoms with Crippen molar-refractivity contribution in [1.29, 1.82) is 0 Å². The van der Waals surface area contributed by atoms with Gasteiger partial charge in [-0.15, -0.1) is 18.0 Å². The summed E-state index contributed by atoms with van der Waals surface area (Å²) in [6.45, 7) is 15.4. The van der Waals surface area contributed by atoms with Gasteiger partial charge in [-0.3, -0.25) is 38.9 Å². The molecule has 5 heterocycles. The van der Waals surface area contributed by atoms with E-state index in [-0.39, 0.29) is 60.7 Å². The van der Waals surface area contributed by atoms with Crippen molar-refractivity contribution in [2.45, 2.75) is 84.5 Å². The predicted octanol–water partition coefficient (Wildman–Crippen LogP) is 6.90. The quantitative estimate of drug-likeness (QED) is 0.0435. The summed E-state index contributed by atoms with van der Waals surface area (Å²) in [5, 5.41) is 10.1. The smallest absolute Gasteiger partial charge is 0.339 e. The Morgan fingerprint density at radius 2 is 1.89 bits per heavy atom. The molecule has 1 fully saturated rings. The number of aryl methyl sites for hydroxylation is 2. The van der Waals surface area contributed by atoms with Gasteiger partial charge in [0.1, 0.15) is 47.5 Å². The number of carbonyl (C=O) groups is 4. The van der Waals surface area contributed by atoms with Gasteiger partial charge in [0.15, 0.2) is 17.3 Å². The van der Waals surface area contributed by atoms with E-state index in [0.717, 1.165) is 42.0 Å². The van der Waals surface area contributed by atoms with Crippen LogP contribution in [0.2, 0.25) is 0 Å². The molecular weight excluding hydrogens is 1030 g/mol. The molecule has 388 valence electrons. The third-order valence-electron chi connectivity index (χ3n) is 10.6. The molecule has 1 unspecified atom stereocenters. The van der Waals surface area contributed by atoms with Crippen LogP contribution in [0.3, 0.4) is 0 Å². The van der Waals surface area contributed by atoms with Crippen molar-refractivity contribution in [3.05, 3.63) is 82.1 Å². The van der Waals surface area contributed by atoms with Gasteiger partial charge in [-0.1, -0.05) is 68.1 Å². The lowest BCUT2D eigenvalue weighted by atomic mass is 9.92. The summed E-state index contributed by atoms with van der Waals surface area (Å²) in [4.78, 5) is 70.6. The molecule has 7 rings (SSSR count). The van der Waals surface area contributed by atoms with Crippen molar-refractivity contribution >= 4 is 94.7 Å². The van der Waals surface area contributed by atoms with Gasteiger partial charge in [0, 0.05) is 37.2 Å². The van der Waals surface area contributed by atoms with Crippen molar-refractivity contribution in [3.8, 4) is 18.1 Å². The van der Waals surface area contributed by atoms with E-state index in [1.165, 1.54) is 33.5 Å². The highest BCUT2D eigenvalue weighted by Crippen LogP contribution is 2.39. The zero-order valence-electron chi connectivity index (χ0n) is 40.2. The number of aromatic nitrogens is 2.